The summed E-state index contributed by atoms with van der Waals surface area (Å²) in [4.78, 5) is 42.7. The second-order valence-electron chi connectivity index (χ2n) is 10.6. The molecule has 0 unspecified atom stereocenters. The second kappa shape index (κ2) is 12.6. The van der Waals surface area contributed by atoms with Gasteiger partial charge in [0.2, 0.25) is 0 Å². The molecule has 0 aromatic carbocycles. The summed E-state index contributed by atoms with van der Waals surface area (Å²) in [5, 5.41) is 21.7. The van der Waals surface area contributed by atoms with Crippen molar-refractivity contribution >= 4 is 72.3 Å². The first-order valence-electron chi connectivity index (χ1n) is 13.8. The van der Waals surface area contributed by atoms with E-state index < -0.39 is 11.9 Å². The fourth-order valence-electron chi connectivity index (χ4n) is 5.61. The Kier molecular flexibility index (Phi) is 9.29. The van der Waals surface area contributed by atoms with Crippen LogP contribution in [0.1, 0.15) is 80.1 Å². The average molecular weight is 679 g/mol. The molecule has 43 heavy (non-hydrogen) atoms. The summed E-state index contributed by atoms with van der Waals surface area (Å²) in [5.41, 5.74) is 9.84. The first kappa shape index (κ1) is 31.7. The van der Waals surface area contributed by atoms with Crippen LogP contribution in [0, 0.1) is 27.7 Å². The van der Waals surface area contributed by atoms with Crippen LogP contribution in [0.5, 0.6) is 0 Å². The molecule has 4 aromatic heterocycles. The van der Waals surface area contributed by atoms with E-state index in [1.165, 1.54) is 0 Å². The number of carboxylic acid groups (broad SMARTS) is 2. The Morgan fingerprint density at radius 2 is 1.09 bits per heavy atom. The van der Waals surface area contributed by atoms with Crippen LogP contribution in [0.25, 0.3) is 36.5 Å². The van der Waals surface area contributed by atoms with Crippen LogP contribution in [0.3, 0.4) is 0 Å². The van der Waals surface area contributed by atoms with Crippen molar-refractivity contribution in [1.82, 2.24) is 19.9 Å². The first-order chi connectivity index (χ1) is 20.0. The summed E-state index contributed by atoms with van der Waals surface area (Å²) >= 11 is 0. The third kappa shape index (κ3) is 6.01. The second-order valence-corrected chi connectivity index (χ2v) is 10.6. The average Bonchev–Trinajstić information content (AvgIpc) is 3.59. The maximum atomic E-state index is 11.5. The monoisotopic (exact) mass is 680 g/mol. The van der Waals surface area contributed by atoms with Crippen molar-refractivity contribution in [2.24, 2.45) is 0 Å². The molecular formula is C34H32N4O4Sn. The predicted molar refractivity (Wildman–Crippen MR) is 169 cm³/mol. The van der Waals surface area contributed by atoms with E-state index in [-0.39, 0.29) is 36.7 Å². The number of nitrogens with zero attached hydrogens (tertiary/aromatic N) is 4. The molecule has 0 saturated heterocycles. The molecule has 9 heteroatoms. The van der Waals surface area contributed by atoms with Gasteiger partial charge in [-0.05, 0) is 51.7 Å². The molecule has 1 aliphatic heterocycles. The molecule has 0 aliphatic carbocycles. The summed E-state index contributed by atoms with van der Waals surface area (Å²) in [5.74, 6) is -1.80. The van der Waals surface area contributed by atoms with Gasteiger partial charge < -0.3 is 30.1 Å². The van der Waals surface area contributed by atoms with Crippen molar-refractivity contribution in [3.05, 3.63) is 102 Å². The van der Waals surface area contributed by atoms with E-state index in [1.54, 1.807) is 12.2 Å². The van der Waals surface area contributed by atoms with Gasteiger partial charge in [-0.15, -0.1) is 44.2 Å². The zero-order valence-electron chi connectivity index (χ0n) is 24.7. The number of aliphatic carboxylic acids is 2. The van der Waals surface area contributed by atoms with Crippen LogP contribution in [-0.2, 0) is 22.4 Å². The minimum Gasteiger partial charge on any atom is -0.657 e. The van der Waals surface area contributed by atoms with Gasteiger partial charge in [0.25, 0.3) is 0 Å². The third-order valence-electron chi connectivity index (χ3n) is 8.06. The topological polar surface area (TPSA) is 131 Å². The summed E-state index contributed by atoms with van der Waals surface area (Å²) in [7, 11) is 0. The van der Waals surface area contributed by atoms with Gasteiger partial charge in [0.1, 0.15) is 0 Å². The largest absolute Gasteiger partial charge is 4.00 e. The first-order valence-corrected chi connectivity index (χ1v) is 13.8. The summed E-state index contributed by atoms with van der Waals surface area (Å²) < 4.78 is 0. The van der Waals surface area contributed by atoms with Crippen molar-refractivity contribution in [1.29, 1.82) is 0 Å². The zero-order chi connectivity index (χ0) is 30.3. The van der Waals surface area contributed by atoms with E-state index in [9.17, 15) is 19.8 Å². The molecule has 8 bridgehead atoms. The van der Waals surface area contributed by atoms with Crippen LogP contribution >= 0.6 is 0 Å². The van der Waals surface area contributed by atoms with Gasteiger partial charge >= 0.3 is 35.8 Å². The molecule has 0 fully saturated rings. The number of carboxylic acids is 2. The van der Waals surface area contributed by atoms with Gasteiger partial charge in [0.15, 0.2) is 0 Å². The SMILES string of the molecule is C=Cc1c2[n-]c(c1C)/C=c1\[n-]/c(c(CCC(=O)O)c1C)=C\c1[n-]c(c(C)c1CCC(=O)O)/C=c1\[n-]/c(c(C)c1C=C)=C\2.[Sn+4]. The Bertz CT molecular complexity index is 2030. The normalized spacial score (nSPS) is 15.0. The maximum absolute atomic E-state index is 11.5. The van der Waals surface area contributed by atoms with E-state index in [0.29, 0.717) is 40.3 Å². The van der Waals surface area contributed by atoms with E-state index >= 15 is 0 Å². The Morgan fingerprint density at radius 1 is 0.605 bits per heavy atom. The molecule has 0 spiro atoms. The molecule has 0 radical (unpaired) electrons. The molecule has 4 aromatic rings. The van der Waals surface area contributed by atoms with Gasteiger partial charge in [-0.3, -0.25) is 9.59 Å². The molecule has 2 N–H and O–H groups in total. The minimum atomic E-state index is -0.898. The van der Waals surface area contributed by atoms with Gasteiger partial charge in [0, 0.05) is 12.8 Å². The van der Waals surface area contributed by atoms with Crippen LogP contribution in [0.15, 0.2) is 13.2 Å². The van der Waals surface area contributed by atoms with E-state index in [0.717, 1.165) is 61.2 Å². The minimum absolute atomic E-state index is 0. The number of hydrogen-bond donors (Lipinski definition) is 2. The molecule has 0 atom stereocenters. The molecule has 0 amide bonds. The Labute approximate surface area is 266 Å². The van der Waals surface area contributed by atoms with Crippen molar-refractivity contribution in [3.63, 3.8) is 0 Å². The van der Waals surface area contributed by atoms with E-state index in [1.807, 2.05) is 52.0 Å². The number of hydrogen-bond acceptors (Lipinski definition) is 2. The van der Waals surface area contributed by atoms with Crippen molar-refractivity contribution in [2.45, 2.75) is 53.4 Å². The molecule has 5 heterocycles. The molecule has 5 rings (SSSR count). The maximum Gasteiger partial charge on any atom is 4.00 e. The Balaban J connectivity index is 0.00000423. The number of carbonyl (C=O) groups is 2. The fraction of sp³-hybridized carbons (Fsp3) is 0.235. The van der Waals surface area contributed by atoms with Crippen LogP contribution in [0.2, 0.25) is 0 Å². The number of aromatic nitrogens is 4. The predicted octanol–water partition coefficient (Wildman–Crippen LogP) is 1.32. The van der Waals surface area contributed by atoms with Crippen molar-refractivity contribution in [3.8, 4) is 0 Å². The summed E-state index contributed by atoms with van der Waals surface area (Å²) in [6, 6.07) is 0. The standard InChI is InChI=1S/C34H32N4O4.Sn/c1-7-21-17(3)25-13-26-19(5)23(9-11-33(39)40)31(37-26)16-32-24(10-12-34(41)42)20(6)28(38-32)15-30-22(8-2)18(4)27(36-30)14-29(21)35-25;/h7-8,13-16H,1-2,9-12H2,3-6H3,(H,39,40)(H,41,42);/q-4;+4/b25-13?,26-13-,27-14-,28-15?,29-14?,30-15-,31-16-,32-16?;. The molecular weight excluding hydrogens is 647 g/mol. The van der Waals surface area contributed by atoms with Gasteiger partial charge in [0.05, 0.1) is 0 Å². The summed E-state index contributed by atoms with van der Waals surface area (Å²) in [6.45, 7) is 15.9. The molecule has 216 valence electrons. The Morgan fingerprint density at radius 3 is 1.72 bits per heavy atom. The van der Waals surface area contributed by atoms with Crippen LogP contribution in [-0.4, -0.2) is 46.1 Å². The number of fused-ring (bicyclic) bond motifs is 8. The molecule has 0 saturated carbocycles. The van der Waals surface area contributed by atoms with Gasteiger partial charge in [-0.2, -0.15) is 0 Å². The smallest absolute Gasteiger partial charge is 0.657 e. The molecule has 1 aliphatic rings. The van der Waals surface area contributed by atoms with E-state index in [2.05, 4.69) is 13.2 Å². The Hall–Kier alpha value is -4.18. The molecule has 8 nitrogen and oxygen atoms in total. The quantitative estimate of drug-likeness (QED) is 0.235. The van der Waals surface area contributed by atoms with Crippen molar-refractivity contribution in [2.75, 3.05) is 0 Å². The van der Waals surface area contributed by atoms with Gasteiger partial charge in [-0.25, -0.2) is 0 Å². The van der Waals surface area contributed by atoms with Gasteiger partial charge in [-0.1, -0.05) is 83.0 Å². The fourth-order valence-corrected chi connectivity index (χ4v) is 5.61. The van der Waals surface area contributed by atoms with Crippen molar-refractivity contribution < 1.29 is 19.8 Å². The zero-order valence-corrected chi connectivity index (χ0v) is 27.6. The van der Waals surface area contributed by atoms with Crippen LogP contribution in [0.4, 0.5) is 0 Å². The third-order valence-corrected chi connectivity index (χ3v) is 8.06. The summed E-state index contributed by atoms with van der Waals surface area (Å²) in [6.07, 6.45) is 11.7. The van der Waals surface area contributed by atoms with Crippen LogP contribution < -0.4 is 41.3 Å². The number of rotatable bonds is 8. The van der Waals surface area contributed by atoms with E-state index in [4.69, 9.17) is 19.9 Å².